The molecule has 1 N–H and O–H groups in total. The van der Waals surface area contributed by atoms with Crippen LogP contribution in [-0.2, 0) is 0 Å². The first-order valence-electron chi connectivity index (χ1n) is 4.83. The van der Waals surface area contributed by atoms with Crippen LogP contribution < -0.4 is 0 Å². The molecule has 2 aromatic rings. The lowest BCUT2D eigenvalue weighted by Crippen LogP contribution is -1.99. The standard InChI is InChI=1S/C12H6Cl3NO2/c13-7-3-6(4-8(14)5-7)11-10(15)9(12(17)18)1-2-16-11/h1-5H,(H,17,18). The third-order valence-electron chi connectivity index (χ3n) is 2.26. The molecule has 0 aliphatic rings. The number of aromatic nitrogens is 1. The number of aromatic carboxylic acids is 1. The summed E-state index contributed by atoms with van der Waals surface area (Å²) in [5, 5.41) is 9.89. The summed E-state index contributed by atoms with van der Waals surface area (Å²) in [6, 6.07) is 6.14. The molecule has 0 fully saturated rings. The van der Waals surface area contributed by atoms with E-state index in [2.05, 4.69) is 4.98 Å². The number of carboxylic acids is 1. The molecule has 92 valence electrons. The molecule has 0 bridgehead atoms. The molecule has 0 aliphatic carbocycles. The highest BCUT2D eigenvalue weighted by molar-refractivity contribution is 6.37. The second-order valence-corrected chi connectivity index (χ2v) is 4.74. The smallest absolute Gasteiger partial charge is 0.337 e. The first-order valence-corrected chi connectivity index (χ1v) is 5.96. The second-order valence-electron chi connectivity index (χ2n) is 3.48. The van der Waals surface area contributed by atoms with Crippen molar-refractivity contribution in [2.75, 3.05) is 0 Å². The van der Waals surface area contributed by atoms with Crippen LogP contribution in [0.5, 0.6) is 0 Å². The highest BCUT2D eigenvalue weighted by Crippen LogP contribution is 2.32. The van der Waals surface area contributed by atoms with Crippen LogP contribution in [-0.4, -0.2) is 16.1 Å². The van der Waals surface area contributed by atoms with E-state index < -0.39 is 5.97 Å². The molecule has 2 rings (SSSR count). The molecule has 1 aromatic heterocycles. The van der Waals surface area contributed by atoms with Crippen LogP contribution in [0.3, 0.4) is 0 Å². The average molecular weight is 303 g/mol. The highest BCUT2D eigenvalue weighted by Gasteiger charge is 2.15. The number of halogens is 3. The SMILES string of the molecule is O=C(O)c1ccnc(-c2cc(Cl)cc(Cl)c2)c1Cl. The molecular formula is C12H6Cl3NO2. The van der Waals surface area contributed by atoms with Gasteiger partial charge in [0.25, 0.3) is 0 Å². The van der Waals surface area contributed by atoms with E-state index >= 15 is 0 Å². The molecule has 0 amide bonds. The van der Waals surface area contributed by atoms with Gasteiger partial charge in [-0.2, -0.15) is 0 Å². The number of nitrogens with zero attached hydrogens (tertiary/aromatic N) is 1. The maximum Gasteiger partial charge on any atom is 0.337 e. The van der Waals surface area contributed by atoms with E-state index in [-0.39, 0.29) is 10.6 Å². The molecule has 0 spiro atoms. The third-order valence-corrected chi connectivity index (χ3v) is 3.07. The monoisotopic (exact) mass is 301 g/mol. The van der Waals surface area contributed by atoms with Gasteiger partial charge in [0.05, 0.1) is 16.3 Å². The molecular weight excluding hydrogens is 296 g/mol. The van der Waals surface area contributed by atoms with Crippen LogP contribution in [0.2, 0.25) is 15.1 Å². The third kappa shape index (κ3) is 2.58. The molecule has 1 heterocycles. The Bertz CT molecular complexity index is 608. The minimum Gasteiger partial charge on any atom is -0.478 e. The van der Waals surface area contributed by atoms with Gasteiger partial charge in [-0.1, -0.05) is 34.8 Å². The number of carboxylic acid groups (broad SMARTS) is 1. The fourth-order valence-corrected chi connectivity index (χ4v) is 2.33. The van der Waals surface area contributed by atoms with Crippen LogP contribution in [0.25, 0.3) is 11.3 Å². The quantitative estimate of drug-likeness (QED) is 0.894. The molecule has 0 radical (unpaired) electrons. The molecule has 0 saturated heterocycles. The van der Waals surface area contributed by atoms with Gasteiger partial charge in [-0.15, -0.1) is 0 Å². The van der Waals surface area contributed by atoms with E-state index in [0.29, 0.717) is 21.3 Å². The Labute approximate surface area is 118 Å². The van der Waals surface area contributed by atoms with E-state index in [0.717, 1.165) is 0 Å². The van der Waals surface area contributed by atoms with Gasteiger partial charge in [0.15, 0.2) is 0 Å². The maximum atomic E-state index is 11.0. The molecule has 6 heteroatoms. The van der Waals surface area contributed by atoms with Gasteiger partial charge < -0.3 is 5.11 Å². The topological polar surface area (TPSA) is 50.2 Å². The summed E-state index contributed by atoms with van der Waals surface area (Å²) in [5.74, 6) is -1.11. The molecule has 0 unspecified atom stereocenters. The van der Waals surface area contributed by atoms with Crippen molar-refractivity contribution in [1.82, 2.24) is 4.98 Å². The highest BCUT2D eigenvalue weighted by atomic mass is 35.5. The first kappa shape index (κ1) is 13.1. The van der Waals surface area contributed by atoms with Gasteiger partial charge in [-0.25, -0.2) is 4.79 Å². The molecule has 1 aromatic carbocycles. The number of rotatable bonds is 2. The Morgan fingerprint density at radius 2 is 1.72 bits per heavy atom. The number of pyridine rings is 1. The lowest BCUT2D eigenvalue weighted by molar-refractivity contribution is 0.0697. The normalized spacial score (nSPS) is 10.4. The van der Waals surface area contributed by atoms with Crippen LogP contribution in [0.15, 0.2) is 30.5 Å². The second kappa shape index (κ2) is 5.14. The number of hydrogen-bond acceptors (Lipinski definition) is 2. The summed E-state index contributed by atoms with van der Waals surface area (Å²) in [6.45, 7) is 0. The predicted octanol–water partition coefficient (Wildman–Crippen LogP) is 4.41. The molecule has 18 heavy (non-hydrogen) atoms. The largest absolute Gasteiger partial charge is 0.478 e. The van der Waals surface area contributed by atoms with Crippen LogP contribution in [0.4, 0.5) is 0 Å². The van der Waals surface area contributed by atoms with Crippen LogP contribution in [0.1, 0.15) is 10.4 Å². The Hall–Kier alpha value is -1.29. The Balaban J connectivity index is 2.64. The molecule has 0 aliphatic heterocycles. The van der Waals surface area contributed by atoms with Gasteiger partial charge in [-0.05, 0) is 24.3 Å². The fraction of sp³-hybridized carbons (Fsp3) is 0. The Kier molecular flexibility index (Phi) is 3.76. The van der Waals surface area contributed by atoms with Crippen molar-refractivity contribution in [1.29, 1.82) is 0 Å². The molecule has 0 atom stereocenters. The average Bonchev–Trinajstić information content (AvgIpc) is 2.27. The number of carbonyl (C=O) groups is 1. The van der Waals surface area contributed by atoms with Crippen molar-refractivity contribution >= 4 is 40.8 Å². The minimum absolute atomic E-state index is 0.0160. The van der Waals surface area contributed by atoms with Crippen molar-refractivity contribution in [2.45, 2.75) is 0 Å². The zero-order valence-electron chi connectivity index (χ0n) is 8.82. The predicted molar refractivity (Wildman–Crippen MR) is 71.7 cm³/mol. The van der Waals surface area contributed by atoms with Gasteiger partial charge in [-0.3, -0.25) is 4.98 Å². The maximum absolute atomic E-state index is 11.0. The molecule has 3 nitrogen and oxygen atoms in total. The summed E-state index contributed by atoms with van der Waals surface area (Å²) in [6.07, 6.45) is 1.37. The van der Waals surface area contributed by atoms with Crippen molar-refractivity contribution < 1.29 is 9.90 Å². The van der Waals surface area contributed by atoms with E-state index in [1.165, 1.54) is 12.3 Å². The van der Waals surface area contributed by atoms with Crippen molar-refractivity contribution in [2.24, 2.45) is 0 Å². The number of benzene rings is 1. The lowest BCUT2D eigenvalue weighted by atomic mass is 10.1. The summed E-state index contributed by atoms with van der Waals surface area (Å²) >= 11 is 17.8. The van der Waals surface area contributed by atoms with Gasteiger partial charge >= 0.3 is 5.97 Å². The van der Waals surface area contributed by atoms with E-state index in [1.54, 1.807) is 18.2 Å². The number of hydrogen-bond donors (Lipinski definition) is 1. The summed E-state index contributed by atoms with van der Waals surface area (Å²) in [7, 11) is 0. The Morgan fingerprint density at radius 1 is 1.11 bits per heavy atom. The lowest BCUT2D eigenvalue weighted by Gasteiger charge is -2.07. The zero-order chi connectivity index (χ0) is 13.3. The summed E-state index contributed by atoms with van der Waals surface area (Å²) in [4.78, 5) is 15.0. The first-order chi connectivity index (χ1) is 8.49. The summed E-state index contributed by atoms with van der Waals surface area (Å²) in [5.41, 5.74) is 0.888. The fourth-order valence-electron chi connectivity index (χ4n) is 1.50. The van der Waals surface area contributed by atoms with E-state index in [4.69, 9.17) is 39.9 Å². The molecule has 0 saturated carbocycles. The van der Waals surface area contributed by atoms with Crippen LogP contribution >= 0.6 is 34.8 Å². The Morgan fingerprint density at radius 3 is 2.28 bits per heavy atom. The minimum atomic E-state index is -1.11. The van der Waals surface area contributed by atoms with Crippen LogP contribution in [0, 0.1) is 0 Å². The van der Waals surface area contributed by atoms with Gasteiger partial charge in [0.2, 0.25) is 0 Å². The van der Waals surface area contributed by atoms with E-state index in [1.807, 2.05) is 0 Å². The van der Waals surface area contributed by atoms with Crippen molar-refractivity contribution in [3.63, 3.8) is 0 Å². The summed E-state index contributed by atoms with van der Waals surface area (Å²) < 4.78 is 0. The van der Waals surface area contributed by atoms with Crippen molar-refractivity contribution in [3.05, 3.63) is 51.1 Å². The zero-order valence-corrected chi connectivity index (χ0v) is 11.1. The van der Waals surface area contributed by atoms with Gasteiger partial charge in [0.1, 0.15) is 0 Å². The van der Waals surface area contributed by atoms with E-state index in [9.17, 15) is 4.79 Å². The van der Waals surface area contributed by atoms with Gasteiger partial charge in [0, 0.05) is 21.8 Å². The van der Waals surface area contributed by atoms with Crippen molar-refractivity contribution in [3.8, 4) is 11.3 Å².